The molecule has 0 bridgehead atoms. The van der Waals surface area contributed by atoms with Gasteiger partial charge in [-0.25, -0.2) is 4.98 Å². The Bertz CT molecular complexity index is 545. The summed E-state index contributed by atoms with van der Waals surface area (Å²) in [6.45, 7) is 7.29. The minimum Gasteiger partial charge on any atom is -0.304 e. The molecule has 0 fully saturated rings. The summed E-state index contributed by atoms with van der Waals surface area (Å²) in [5.74, 6) is 0. The average Bonchev–Trinajstić information content (AvgIpc) is 2.90. The Hall–Kier alpha value is 0.0600. The van der Waals surface area contributed by atoms with Crippen molar-refractivity contribution < 1.29 is 0 Å². The van der Waals surface area contributed by atoms with Crippen LogP contribution in [0.3, 0.4) is 0 Å². The lowest BCUT2D eigenvalue weighted by Crippen LogP contribution is -2.20. The summed E-state index contributed by atoms with van der Waals surface area (Å²) in [5, 5.41) is 4.63. The van der Waals surface area contributed by atoms with Gasteiger partial charge in [0.1, 0.15) is 9.34 Å². The first-order valence-corrected chi connectivity index (χ1v) is 9.01. The van der Waals surface area contributed by atoms with Gasteiger partial charge in [0.25, 0.3) is 0 Å². The Labute approximate surface area is 135 Å². The zero-order chi connectivity index (χ0) is 14.0. The Balaban J connectivity index is 2.38. The predicted molar refractivity (Wildman–Crippen MR) is 88.8 cm³/mol. The summed E-state index contributed by atoms with van der Waals surface area (Å²) < 4.78 is 1.75. The van der Waals surface area contributed by atoms with E-state index in [1.54, 1.807) is 22.7 Å². The van der Waals surface area contributed by atoms with E-state index >= 15 is 0 Å². The molecule has 1 atom stereocenters. The maximum atomic E-state index is 6.15. The Morgan fingerprint density at radius 3 is 2.63 bits per heavy atom. The molecule has 0 aromatic carbocycles. The van der Waals surface area contributed by atoms with Gasteiger partial charge in [0.05, 0.1) is 11.7 Å². The molecule has 0 radical (unpaired) electrons. The van der Waals surface area contributed by atoms with Crippen molar-refractivity contribution in [3.63, 3.8) is 0 Å². The lowest BCUT2D eigenvalue weighted by atomic mass is 10.2. The van der Waals surface area contributed by atoms with Crippen molar-refractivity contribution in [2.75, 3.05) is 6.54 Å². The molecule has 1 unspecified atom stereocenters. The molecule has 19 heavy (non-hydrogen) atoms. The van der Waals surface area contributed by atoms with Gasteiger partial charge in [0, 0.05) is 14.2 Å². The minimum atomic E-state index is 0.141. The van der Waals surface area contributed by atoms with E-state index < -0.39 is 0 Å². The van der Waals surface area contributed by atoms with Gasteiger partial charge >= 0.3 is 0 Å². The van der Waals surface area contributed by atoms with Crippen LogP contribution in [-0.4, -0.2) is 11.5 Å². The van der Waals surface area contributed by atoms with Gasteiger partial charge in [0.15, 0.2) is 0 Å². The molecule has 1 N–H and O–H groups in total. The van der Waals surface area contributed by atoms with Crippen LogP contribution in [-0.2, 0) is 6.42 Å². The van der Waals surface area contributed by atoms with Crippen LogP contribution in [0.1, 0.15) is 40.3 Å². The summed E-state index contributed by atoms with van der Waals surface area (Å²) in [6.07, 6.45) is 0.982. The van der Waals surface area contributed by atoms with Crippen molar-refractivity contribution in [2.24, 2.45) is 0 Å². The van der Waals surface area contributed by atoms with Crippen LogP contribution in [0.25, 0.3) is 0 Å². The van der Waals surface area contributed by atoms with E-state index in [-0.39, 0.29) is 6.04 Å². The topological polar surface area (TPSA) is 24.9 Å². The molecule has 2 aromatic rings. The first kappa shape index (κ1) is 15.4. The number of nitrogens with one attached hydrogen (secondary N) is 1. The van der Waals surface area contributed by atoms with E-state index in [9.17, 15) is 0 Å². The summed E-state index contributed by atoms with van der Waals surface area (Å²) >= 11 is 13.0. The molecule has 0 aliphatic rings. The van der Waals surface area contributed by atoms with Gasteiger partial charge < -0.3 is 5.32 Å². The van der Waals surface area contributed by atoms with Crippen LogP contribution in [0.4, 0.5) is 0 Å². The van der Waals surface area contributed by atoms with Gasteiger partial charge in [-0.1, -0.05) is 25.4 Å². The van der Waals surface area contributed by atoms with E-state index in [4.69, 9.17) is 16.6 Å². The molecule has 0 saturated carbocycles. The third-order valence-corrected chi connectivity index (χ3v) is 6.47. The smallest absolute Gasteiger partial charge is 0.115 e. The SMILES string of the molecule is CCNC(c1cc(Br)c(Cl)s1)c1nc(CC)c(C)s1. The molecule has 6 heteroatoms. The van der Waals surface area contributed by atoms with Crippen molar-refractivity contribution in [1.82, 2.24) is 10.3 Å². The quantitative estimate of drug-likeness (QED) is 0.773. The zero-order valence-corrected chi connectivity index (χ0v) is 15.1. The van der Waals surface area contributed by atoms with Gasteiger partial charge in [-0.2, -0.15) is 0 Å². The fourth-order valence-corrected chi connectivity index (χ4v) is 4.92. The van der Waals surface area contributed by atoms with Crippen molar-refractivity contribution >= 4 is 50.2 Å². The summed E-state index contributed by atoms with van der Waals surface area (Å²) in [7, 11) is 0. The fourth-order valence-electron chi connectivity index (χ4n) is 1.92. The maximum Gasteiger partial charge on any atom is 0.115 e. The first-order valence-electron chi connectivity index (χ1n) is 6.21. The third kappa shape index (κ3) is 3.39. The van der Waals surface area contributed by atoms with Crippen LogP contribution in [0.5, 0.6) is 0 Å². The molecule has 2 nitrogen and oxygen atoms in total. The van der Waals surface area contributed by atoms with Crippen molar-refractivity contribution in [2.45, 2.75) is 33.2 Å². The Kier molecular flexibility index (Phi) is 5.43. The van der Waals surface area contributed by atoms with Crippen LogP contribution in [0, 0.1) is 6.92 Å². The first-order chi connectivity index (χ1) is 9.06. The maximum absolute atomic E-state index is 6.15. The lowest BCUT2D eigenvalue weighted by molar-refractivity contribution is 0.634. The van der Waals surface area contributed by atoms with Crippen molar-refractivity contribution in [3.8, 4) is 0 Å². The normalized spacial score (nSPS) is 12.9. The standard InChI is InChI=1S/C13H16BrClN2S2/c1-4-9-7(3)18-13(17-9)11(16-5-2)10-6-8(14)12(15)19-10/h6,11,16H,4-5H2,1-3H3. The highest BCUT2D eigenvalue weighted by Gasteiger charge is 2.21. The lowest BCUT2D eigenvalue weighted by Gasteiger charge is -2.13. The molecule has 104 valence electrons. The van der Waals surface area contributed by atoms with E-state index in [2.05, 4.69) is 48.1 Å². The molecule has 2 rings (SSSR count). The fraction of sp³-hybridized carbons (Fsp3) is 0.462. The highest BCUT2D eigenvalue weighted by atomic mass is 79.9. The van der Waals surface area contributed by atoms with E-state index in [1.807, 2.05) is 0 Å². The van der Waals surface area contributed by atoms with E-state index in [1.165, 1.54) is 15.4 Å². The van der Waals surface area contributed by atoms with Crippen LogP contribution in [0.2, 0.25) is 4.34 Å². The number of aryl methyl sites for hydroxylation is 2. The van der Waals surface area contributed by atoms with Gasteiger partial charge in [-0.05, 0) is 41.9 Å². The number of hydrogen-bond acceptors (Lipinski definition) is 4. The molecule has 0 spiro atoms. The second kappa shape index (κ2) is 6.68. The van der Waals surface area contributed by atoms with Crippen LogP contribution in [0.15, 0.2) is 10.5 Å². The van der Waals surface area contributed by atoms with Gasteiger partial charge in [0.2, 0.25) is 0 Å². The Morgan fingerprint density at radius 2 is 2.16 bits per heavy atom. The second-order valence-electron chi connectivity index (χ2n) is 4.17. The highest BCUT2D eigenvalue weighted by Crippen LogP contribution is 2.38. The number of halogens is 2. The van der Waals surface area contributed by atoms with Crippen LogP contribution < -0.4 is 5.32 Å². The molecular formula is C13H16BrClN2S2. The van der Waals surface area contributed by atoms with Crippen molar-refractivity contribution in [3.05, 3.63) is 35.3 Å². The molecule has 0 aliphatic carbocycles. The summed E-state index contributed by atoms with van der Waals surface area (Å²) in [6, 6.07) is 2.23. The number of hydrogen-bond donors (Lipinski definition) is 1. The average molecular weight is 380 g/mol. The number of nitrogens with zero attached hydrogens (tertiary/aromatic N) is 1. The molecule has 0 amide bonds. The molecule has 2 aromatic heterocycles. The second-order valence-corrected chi connectivity index (χ2v) is 7.94. The number of aromatic nitrogens is 1. The van der Waals surface area contributed by atoms with Crippen LogP contribution >= 0.6 is 50.2 Å². The zero-order valence-electron chi connectivity index (χ0n) is 11.1. The number of thiazole rings is 1. The van der Waals surface area contributed by atoms with Gasteiger partial charge in [-0.3, -0.25) is 0 Å². The largest absolute Gasteiger partial charge is 0.304 e. The summed E-state index contributed by atoms with van der Waals surface area (Å²) in [4.78, 5) is 7.28. The Morgan fingerprint density at radius 1 is 1.42 bits per heavy atom. The monoisotopic (exact) mass is 378 g/mol. The van der Waals surface area contributed by atoms with Crippen molar-refractivity contribution in [1.29, 1.82) is 0 Å². The third-order valence-electron chi connectivity index (χ3n) is 2.85. The minimum absolute atomic E-state index is 0.141. The number of rotatable bonds is 5. The van der Waals surface area contributed by atoms with E-state index in [0.717, 1.165) is 26.8 Å². The summed E-state index contributed by atoms with van der Waals surface area (Å²) in [5.41, 5.74) is 1.20. The molecule has 2 heterocycles. The number of thiophene rings is 1. The predicted octanol–water partition coefficient (Wildman–Crippen LogP) is 5.19. The molecule has 0 aliphatic heterocycles. The molecular weight excluding hydrogens is 364 g/mol. The van der Waals surface area contributed by atoms with Gasteiger partial charge in [-0.15, -0.1) is 22.7 Å². The van der Waals surface area contributed by atoms with E-state index in [0.29, 0.717) is 0 Å². The highest BCUT2D eigenvalue weighted by molar-refractivity contribution is 9.10. The molecule has 0 saturated heterocycles.